The van der Waals surface area contributed by atoms with Crippen molar-refractivity contribution in [1.29, 1.82) is 0 Å². The van der Waals surface area contributed by atoms with Crippen LogP contribution in [0.25, 0.3) is 0 Å². The van der Waals surface area contributed by atoms with E-state index < -0.39 is 0 Å². The molecule has 0 spiro atoms. The minimum absolute atomic E-state index is 0.306. The molecule has 1 heterocycles. The first kappa shape index (κ1) is 8.92. The smallest absolute Gasteiger partial charge is 0.0781 e. The lowest BCUT2D eigenvalue weighted by molar-refractivity contribution is 0.248. The van der Waals surface area contributed by atoms with Gasteiger partial charge in [0.25, 0.3) is 0 Å². The maximum atomic E-state index is 8.14. The van der Waals surface area contributed by atoms with Crippen LogP contribution in [0.5, 0.6) is 0 Å². The lowest BCUT2D eigenvalue weighted by Crippen LogP contribution is -1.90. The second-order valence-corrected chi connectivity index (χ2v) is 2.72. The van der Waals surface area contributed by atoms with E-state index in [2.05, 4.69) is 6.92 Å². The minimum atomic E-state index is 0.306. The van der Waals surface area contributed by atoms with Crippen molar-refractivity contribution in [3.63, 3.8) is 0 Å². The van der Waals surface area contributed by atoms with Crippen molar-refractivity contribution in [1.82, 2.24) is 0 Å². The highest BCUT2D eigenvalue weighted by Gasteiger charge is 2.13. The van der Waals surface area contributed by atoms with Crippen molar-refractivity contribution in [3.8, 4) is 0 Å². The molecule has 1 atom stereocenters. The Kier molecular flexibility index (Phi) is 4.72. The molecule has 0 aliphatic carbocycles. The molecule has 0 saturated carbocycles. The fraction of sp³-hybridized carbons (Fsp3) is 1.00. The van der Waals surface area contributed by atoms with Crippen LogP contribution in [0.2, 0.25) is 0 Å². The summed E-state index contributed by atoms with van der Waals surface area (Å²) in [6, 6.07) is 0. The summed E-state index contributed by atoms with van der Waals surface area (Å²) in [5.74, 6) is 0.440. The van der Waals surface area contributed by atoms with Crippen LogP contribution >= 0.6 is 0 Å². The molecule has 9 heavy (non-hydrogen) atoms. The summed E-state index contributed by atoms with van der Waals surface area (Å²) in [4.78, 5) is 0. The number of ether oxygens (including phenoxy) is 1. The number of hydrogen-bond donors (Lipinski definition) is 1. The summed E-state index contributed by atoms with van der Waals surface area (Å²) in [7, 11) is 0. The van der Waals surface area contributed by atoms with Gasteiger partial charge in [-0.3, -0.25) is 0 Å². The first-order valence-corrected chi connectivity index (χ1v) is 3.39. The van der Waals surface area contributed by atoms with E-state index >= 15 is 0 Å². The van der Waals surface area contributed by atoms with Gasteiger partial charge in [0.15, 0.2) is 0 Å². The molecule has 1 fully saturated rings. The zero-order valence-corrected chi connectivity index (χ0v) is 6.42. The van der Waals surface area contributed by atoms with Crippen LogP contribution in [0, 0.1) is 5.92 Å². The van der Waals surface area contributed by atoms with Gasteiger partial charge < -0.3 is 9.84 Å². The summed E-state index contributed by atoms with van der Waals surface area (Å²) in [5.41, 5.74) is 0. The zero-order chi connectivity index (χ0) is 7.28. The first-order valence-electron chi connectivity index (χ1n) is 3.39. The maximum absolute atomic E-state index is 8.14. The summed E-state index contributed by atoms with van der Waals surface area (Å²) < 4.78 is 4.71. The van der Waals surface area contributed by atoms with E-state index in [4.69, 9.17) is 9.84 Å². The van der Waals surface area contributed by atoms with Crippen LogP contribution in [0.1, 0.15) is 20.8 Å². The average Bonchev–Trinajstić information content (AvgIpc) is 2.53. The molecule has 0 aromatic carbocycles. The molecule has 0 aromatic rings. The number of hydrogen-bond acceptors (Lipinski definition) is 2. The van der Waals surface area contributed by atoms with Crippen molar-refractivity contribution in [3.05, 3.63) is 0 Å². The Balaban J connectivity index is 0.000000144. The third-order valence-corrected chi connectivity index (χ3v) is 0.865. The molecular weight excluding hydrogens is 116 g/mol. The van der Waals surface area contributed by atoms with E-state index in [0.29, 0.717) is 18.6 Å². The molecule has 1 aliphatic rings. The number of epoxide rings is 1. The largest absolute Gasteiger partial charge is 0.396 e. The van der Waals surface area contributed by atoms with E-state index in [-0.39, 0.29) is 0 Å². The van der Waals surface area contributed by atoms with Crippen molar-refractivity contribution < 1.29 is 9.84 Å². The number of rotatable bonds is 1. The van der Waals surface area contributed by atoms with Gasteiger partial charge in [-0.05, 0) is 12.8 Å². The van der Waals surface area contributed by atoms with Crippen LogP contribution < -0.4 is 0 Å². The van der Waals surface area contributed by atoms with Crippen molar-refractivity contribution >= 4 is 0 Å². The lowest BCUT2D eigenvalue weighted by atomic mass is 10.2. The fourth-order valence-corrected chi connectivity index (χ4v) is 0.0962. The Labute approximate surface area is 56.8 Å². The molecular formula is C7H16O2. The zero-order valence-electron chi connectivity index (χ0n) is 6.42. The monoisotopic (exact) mass is 132 g/mol. The predicted molar refractivity (Wildman–Crippen MR) is 37.3 cm³/mol. The average molecular weight is 132 g/mol. The van der Waals surface area contributed by atoms with Gasteiger partial charge in [-0.25, -0.2) is 0 Å². The van der Waals surface area contributed by atoms with Crippen LogP contribution in [0.4, 0.5) is 0 Å². The van der Waals surface area contributed by atoms with Crippen molar-refractivity contribution in [2.24, 2.45) is 5.92 Å². The Morgan fingerprint density at radius 1 is 1.67 bits per heavy atom. The van der Waals surface area contributed by atoms with Gasteiger partial charge in [0.05, 0.1) is 12.7 Å². The fourth-order valence-electron chi connectivity index (χ4n) is 0.0962. The first-order chi connectivity index (χ1) is 4.16. The van der Waals surface area contributed by atoms with E-state index in [1.165, 1.54) is 0 Å². The van der Waals surface area contributed by atoms with Crippen LogP contribution in [0.15, 0.2) is 0 Å². The Morgan fingerprint density at radius 3 is 1.89 bits per heavy atom. The van der Waals surface area contributed by atoms with Gasteiger partial charge >= 0.3 is 0 Å². The van der Waals surface area contributed by atoms with Crippen molar-refractivity contribution in [2.45, 2.75) is 26.9 Å². The molecule has 1 saturated heterocycles. The molecule has 0 aromatic heterocycles. The Bertz CT molecular complexity index is 57.9. The molecule has 56 valence electrons. The third-order valence-electron chi connectivity index (χ3n) is 0.865. The highest BCUT2D eigenvalue weighted by molar-refractivity contribution is 4.58. The number of aliphatic hydroxyl groups excluding tert-OH is 1. The van der Waals surface area contributed by atoms with E-state index in [1.54, 1.807) is 0 Å². The summed E-state index contributed by atoms with van der Waals surface area (Å²) in [5, 5.41) is 8.14. The molecule has 1 N–H and O–H groups in total. The standard InChI is InChI=1S/C4H10O.C3H6O/c1-4(2)3-5;1-3-2-4-3/h4-5H,3H2,1-2H3;3H,2H2,1H3. The maximum Gasteiger partial charge on any atom is 0.0781 e. The molecule has 2 heteroatoms. The molecule has 0 bridgehead atoms. The van der Waals surface area contributed by atoms with Crippen LogP contribution in [0.3, 0.4) is 0 Å². The highest BCUT2D eigenvalue weighted by atomic mass is 16.6. The van der Waals surface area contributed by atoms with Crippen LogP contribution in [-0.2, 0) is 4.74 Å². The molecule has 0 radical (unpaired) electrons. The second kappa shape index (κ2) is 4.77. The topological polar surface area (TPSA) is 32.8 Å². The second-order valence-electron chi connectivity index (χ2n) is 2.72. The predicted octanol–water partition coefficient (Wildman–Crippen LogP) is 1.04. The lowest BCUT2D eigenvalue weighted by Gasteiger charge is -1.90. The van der Waals surface area contributed by atoms with Gasteiger partial charge in [-0.15, -0.1) is 0 Å². The van der Waals surface area contributed by atoms with E-state index in [1.807, 2.05) is 13.8 Å². The Hall–Kier alpha value is -0.0800. The highest BCUT2D eigenvalue weighted by Crippen LogP contribution is 2.04. The quantitative estimate of drug-likeness (QED) is 0.541. The number of aliphatic hydroxyl groups is 1. The van der Waals surface area contributed by atoms with E-state index in [0.717, 1.165) is 6.61 Å². The van der Waals surface area contributed by atoms with Crippen LogP contribution in [-0.4, -0.2) is 24.4 Å². The van der Waals surface area contributed by atoms with Crippen molar-refractivity contribution in [2.75, 3.05) is 13.2 Å². The summed E-state index contributed by atoms with van der Waals surface area (Å²) in [6.07, 6.45) is 0.583. The molecule has 2 nitrogen and oxygen atoms in total. The summed E-state index contributed by atoms with van der Waals surface area (Å²) >= 11 is 0. The van der Waals surface area contributed by atoms with Gasteiger partial charge in [0.1, 0.15) is 0 Å². The SMILES string of the molecule is CC(C)CO.CC1CO1. The van der Waals surface area contributed by atoms with E-state index in [9.17, 15) is 0 Å². The molecule has 1 aliphatic heterocycles. The Morgan fingerprint density at radius 2 is 1.89 bits per heavy atom. The third kappa shape index (κ3) is 11.5. The normalized spacial score (nSPS) is 23.0. The van der Waals surface area contributed by atoms with Gasteiger partial charge in [0.2, 0.25) is 0 Å². The minimum Gasteiger partial charge on any atom is -0.396 e. The van der Waals surface area contributed by atoms with Gasteiger partial charge in [0, 0.05) is 6.61 Å². The molecule has 0 amide bonds. The summed E-state index contributed by atoms with van der Waals surface area (Å²) in [6.45, 7) is 7.29. The van der Waals surface area contributed by atoms with Gasteiger partial charge in [-0.2, -0.15) is 0 Å². The molecule has 1 unspecified atom stereocenters. The molecule has 1 rings (SSSR count). The van der Waals surface area contributed by atoms with Gasteiger partial charge in [-0.1, -0.05) is 13.8 Å².